The van der Waals surface area contributed by atoms with Crippen LogP contribution >= 0.6 is 0 Å². The number of hydrogen-bond acceptors (Lipinski definition) is 3. The minimum atomic E-state index is -1.44. The average molecular weight is 495 g/mol. The summed E-state index contributed by atoms with van der Waals surface area (Å²) in [4.78, 5) is 0. The van der Waals surface area contributed by atoms with Gasteiger partial charge in [0.15, 0.2) is 0 Å². The maximum Gasteiger partial charge on any atom is 0 e. The molecule has 0 heterocycles. The summed E-state index contributed by atoms with van der Waals surface area (Å²) in [6.45, 7) is 12.7. The standard InChI is InChI=1S/C8H13Ge.3C4H10O.Zr/c1-9(2,3)8-6-4-5-7-8;3*1-4(2)3-5;/h4-7H,1-3H3;3*4-5H,3H2,1-2H3;/q-1;;;;. The maximum atomic E-state index is 8.14. The molecule has 0 amide bonds. The van der Waals surface area contributed by atoms with Crippen LogP contribution in [0.2, 0.25) is 17.3 Å². The van der Waals surface area contributed by atoms with E-state index >= 15 is 0 Å². The van der Waals surface area contributed by atoms with Crippen LogP contribution < -0.4 is 4.40 Å². The van der Waals surface area contributed by atoms with E-state index in [1.165, 1.54) is 0 Å². The summed E-state index contributed by atoms with van der Waals surface area (Å²) in [6.07, 6.45) is 0. The van der Waals surface area contributed by atoms with E-state index in [9.17, 15) is 0 Å². The molecule has 0 aliphatic carbocycles. The monoisotopic (exact) mass is 495 g/mol. The summed E-state index contributed by atoms with van der Waals surface area (Å²) in [5, 5.41) is 24.4. The quantitative estimate of drug-likeness (QED) is 0.440. The van der Waals surface area contributed by atoms with Crippen molar-refractivity contribution in [3.63, 3.8) is 0 Å². The molecule has 1 aromatic carbocycles. The van der Waals surface area contributed by atoms with Gasteiger partial charge in [-0.15, -0.1) is 0 Å². The number of hydrogen-bond donors (Lipinski definition) is 3. The Morgan fingerprint density at radius 2 is 0.880 bits per heavy atom. The second kappa shape index (κ2) is 21.0. The molecule has 0 unspecified atom stereocenters. The smallest absolute Gasteiger partial charge is 0 e. The van der Waals surface area contributed by atoms with E-state index in [1.54, 1.807) is 4.40 Å². The van der Waals surface area contributed by atoms with Gasteiger partial charge in [0, 0.05) is 46.0 Å². The minimum Gasteiger partial charge on any atom is 0 e. The molecule has 25 heavy (non-hydrogen) atoms. The molecule has 0 radical (unpaired) electrons. The van der Waals surface area contributed by atoms with Crippen molar-refractivity contribution in [1.82, 2.24) is 0 Å². The number of rotatable bonds is 4. The first-order valence-electron chi connectivity index (χ1n) is 8.96. The molecule has 0 aromatic heterocycles. The first-order valence-corrected chi connectivity index (χ1v) is 16.3. The van der Waals surface area contributed by atoms with Gasteiger partial charge in [0.2, 0.25) is 0 Å². The van der Waals surface area contributed by atoms with E-state index in [0.717, 1.165) is 0 Å². The molecule has 1 rings (SSSR count). The van der Waals surface area contributed by atoms with Crippen LogP contribution in [0.4, 0.5) is 0 Å². The van der Waals surface area contributed by atoms with Gasteiger partial charge < -0.3 is 15.3 Å². The summed E-state index contributed by atoms with van der Waals surface area (Å²) < 4.78 is 1.61. The molecule has 5 heteroatoms. The Morgan fingerprint density at radius 3 is 0.960 bits per heavy atom. The molecule has 0 aliphatic rings. The predicted octanol–water partition coefficient (Wildman–Crippen LogP) is 3.85. The normalized spacial score (nSPS) is 10.0. The van der Waals surface area contributed by atoms with Crippen LogP contribution in [0.25, 0.3) is 0 Å². The molecule has 0 saturated heterocycles. The Kier molecular flexibility index (Phi) is 27.9. The van der Waals surface area contributed by atoms with E-state index < -0.39 is 13.3 Å². The van der Waals surface area contributed by atoms with Gasteiger partial charge in [0.1, 0.15) is 0 Å². The van der Waals surface area contributed by atoms with E-state index in [1.807, 2.05) is 41.5 Å². The average Bonchev–Trinajstić information content (AvgIpc) is 3.03. The molecule has 150 valence electrons. The van der Waals surface area contributed by atoms with Crippen LogP contribution in [0.3, 0.4) is 0 Å². The van der Waals surface area contributed by atoms with E-state index in [-0.39, 0.29) is 26.2 Å². The molecular weight excluding hydrogens is 452 g/mol. The summed E-state index contributed by atoms with van der Waals surface area (Å²) in [5.74, 6) is 8.56. The first-order chi connectivity index (χ1) is 10.9. The zero-order valence-electron chi connectivity index (χ0n) is 18.0. The maximum absolute atomic E-state index is 8.14. The van der Waals surface area contributed by atoms with Gasteiger partial charge in [-0.2, -0.15) is 0 Å². The van der Waals surface area contributed by atoms with Crippen molar-refractivity contribution in [3.8, 4) is 0 Å². The van der Waals surface area contributed by atoms with Crippen LogP contribution in [0, 0.1) is 17.8 Å². The SMILES string of the molecule is CC(C)CO.CC(C)CO.CC(C)CO.[CH3][Ge]([CH3])([CH3])[c-]1cccc1.[Zr]. The van der Waals surface area contributed by atoms with E-state index in [0.29, 0.717) is 37.6 Å². The Labute approximate surface area is 179 Å². The Bertz CT molecular complexity index is 312. The van der Waals surface area contributed by atoms with Crippen LogP contribution in [0.5, 0.6) is 0 Å². The van der Waals surface area contributed by atoms with Crippen molar-refractivity contribution >= 4 is 17.7 Å². The second-order valence-corrected chi connectivity index (χ2v) is 18.8. The molecule has 0 aliphatic heterocycles. The molecule has 3 N–H and O–H groups in total. The molecule has 0 fully saturated rings. The Morgan fingerprint density at radius 1 is 0.680 bits per heavy atom. The zero-order chi connectivity index (χ0) is 19.8. The van der Waals surface area contributed by atoms with Crippen molar-refractivity contribution in [3.05, 3.63) is 24.3 Å². The van der Waals surface area contributed by atoms with Crippen molar-refractivity contribution in [2.24, 2.45) is 17.8 Å². The molecule has 1 aromatic rings. The number of aliphatic hydroxyl groups is 3. The van der Waals surface area contributed by atoms with E-state index in [4.69, 9.17) is 15.3 Å². The summed E-state index contributed by atoms with van der Waals surface area (Å²) in [7, 11) is 0. The van der Waals surface area contributed by atoms with Gasteiger partial charge in [-0.05, 0) is 17.8 Å². The van der Waals surface area contributed by atoms with Crippen molar-refractivity contribution in [2.75, 3.05) is 19.8 Å². The van der Waals surface area contributed by atoms with Crippen LogP contribution in [0.15, 0.2) is 24.3 Å². The van der Waals surface area contributed by atoms with Gasteiger partial charge in [-0.25, -0.2) is 0 Å². The van der Waals surface area contributed by atoms with Crippen molar-refractivity contribution < 1.29 is 41.5 Å². The minimum absolute atomic E-state index is 0. The Balaban J connectivity index is -0.000000122. The third-order valence-electron chi connectivity index (χ3n) is 2.62. The summed E-state index contributed by atoms with van der Waals surface area (Å²) >= 11 is -1.44. The fourth-order valence-electron chi connectivity index (χ4n) is 0.874. The van der Waals surface area contributed by atoms with E-state index in [2.05, 4.69) is 41.5 Å². The predicted molar refractivity (Wildman–Crippen MR) is 111 cm³/mol. The van der Waals surface area contributed by atoms with Gasteiger partial charge in [-0.1, -0.05) is 41.5 Å². The van der Waals surface area contributed by atoms with Gasteiger partial charge in [0.25, 0.3) is 0 Å². The summed E-state index contributed by atoms with van der Waals surface area (Å²) in [5.41, 5.74) is 0. The van der Waals surface area contributed by atoms with Crippen LogP contribution in [-0.4, -0.2) is 48.4 Å². The van der Waals surface area contributed by atoms with Crippen LogP contribution in [-0.2, 0) is 26.2 Å². The van der Waals surface area contributed by atoms with Gasteiger partial charge >= 0.3 is 59.2 Å². The number of aliphatic hydroxyl groups excluding tert-OH is 3. The summed E-state index contributed by atoms with van der Waals surface area (Å²) in [6, 6.07) is 8.76. The molecule has 0 bridgehead atoms. The Hall–Kier alpha value is 0.656. The second-order valence-electron chi connectivity index (χ2n) is 8.15. The van der Waals surface area contributed by atoms with Crippen LogP contribution in [0.1, 0.15) is 41.5 Å². The zero-order valence-corrected chi connectivity index (χ0v) is 22.6. The van der Waals surface area contributed by atoms with Gasteiger partial charge in [-0.3, -0.25) is 0 Å². The first kappa shape index (κ1) is 33.3. The third-order valence-corrected chi connectivity index (χ3v) is 6.96. The molecule has 0 atom stereocenters. The molecule has 3 nitrogen and oxygen atoms in total. The van der Waals surface area contributed by atoms with Gasteiger partial charge in [0.05, 0.1) is 0 Å². The van der Waals surface area contributed by atoms with Crippen molar-refractivity contribution in [2.45, 2.75) is 58.8 Å². The fraction of sp³-hybridized carbons (Fsp3) is 0.750. The molecule has 0 saturated carbocycles. The third kappa shape index (κ3) is 32.8. The van der Waals surface area contributed by atoms with Crippen molar-refractivity contribution in [1.29, 1.82) is 0 Å². The molecular formula is C20H43GeO3Zr-. The largest absolute Gasteiger partial charge is 0 e. The molecule has 0 spiro atoms. The fourth-order valence-corrected chi connectivity index (χ4v) is 3.38. The topological polar surface area (TPSA) is 60.7 Å².